The lowest BCUT2D eigenvalue weighted by Gasteiger charge is -2.63. The van der Waals surface area contributed by atoms with Gasteiger partial charge in [0.05, 0.1) is 24.9 Å². The Morgan fingerprint density at radius 2 is 1.73 bits per heavy atom. The number of Topliss-reactive ketones (excluding diaryl/α,β-unsaturated/α-hetero) is 1. The summed E-state index contributed by atoms with van der Waals surface area (Å²) in [7, 11) is 0. The Hall–Kier alpha value is -0.530. The molecule has 0 aromatic heterocycles. The summed E-state index contributed by atoms with van der Waals surface area (Å²) < 4.78 is 13.2. The monoisotopic (exact) mass is 462 g/mol. The number of ketones is 1. The van der Waals surface area contributed by atoms with E-state index < -0.39 is 29.0 Å². The predicted octanol–water partition coefficient (Wildman–Crippen LogP) is 3.06. The molecule has 2 aliphatic heterocycles. The van der Waals surface area contributed by atoms with Gasteiger partial charge in [0, 0.05) is 30.6 Å². The molecule has 0 radical (unpaired) electrons. The highest BCUT2D eigenvalue weighted by Gasteiger charge is 2.72. The first kappa shape index (κ1) is 22.9. The summed E-state index contributed by atoms with van der Waals surface area (Å²) in [6.45, 7) is 9.77. The highest BCUT2D eigenvalue weighted by molar-refractivity contribution is 5.89. The van der Waals surface area contributed by atoms with Gasteiger partial charge < -0.3 is 24.8 Å². The number of aliphatic hydroxyl groups excluding tert-OH is 2. The van der Waals surface area contributed by atoms with E-state index in [1.165, 1.54) is 0 Å². The summed E-state index contributed by atoms with van der Waals surface area (Å²) in [4.78, 5) is 13.4. The molecule has 1 spiro atoms. The van der Waals surface area contributed by atoms with Gasteiger partial charge in [-0.3, -0.25) is 4.79 Å². The minimum Gasteiger partial charge on any atom is -0.390 e. The minimum atomic E-state index is -1.53. The highest BCUT2D eigenvalue weighted by Crippen LogP contribution is 2.71. The predicted molar refractivity (Wildman–Crippen MR) is 121 cm³/mol. The fourth-order valence-corrected chi connectivity index (χ4v) is 10.1. The van der Waals surface area contributed by atoms with Gasteiger partial charge in [0.25, 0.3) is 0 Å². The van der Waals surface area contributed by atoms with E-state index in [0.717, 1.165) is 38.7 Å². The highest BCUT2D eigenvalue weighted by atomic mass is 16.7. The Bertz CT molecular complexity index is 836. The second kappa shape index (κ2) is 7.03. The van der Waals surface area contributed by atoms with E-state index >= 15 is 0 Å². The zero-order chi connectivity index (χ0) is 23.6. The maximum absolute atomic E-state index is 13.4. The number of carbonyl (C=O) groups is 1. The van der Waals surface area contributed by atoms with Crippen LogP contribution in [0.2, 0.25) is 0 Å². The molecule has 4 aliphatic carbocycles. The van der Waals surface area contributed by atoms with Crippen LogP contribution in [0.15, 0.2) is 0 Å². The van der Waals surface area contributed by atoms with Crippen molar-refractivity contribution in [2.45, 2.75) is 109 Å². The largest absolute Gasteiger partial charge is 0.390 e. The molecule has 13 atom stereocenters. The normalized spacial score (nSPS) is 62.5. The van der Waals surface area contributed by atoms with Gasteiger partial charge in [0.2, 0.25) is 0 Å². The van der Waals surface area contributed by atoms with E-state index in [1.54, 1.807) is 0 Å². The number of fused-ring (bicyclic) bond motifs is 7. The summed E-state index contributed by atoms with van der Waals surface area (Å²) in [5, 5.41) is 32.4. The zero-order valence-corrected chi connectivity index (χ0v) is 20.6. The topological polar surface area (TPSA) is 96.2 Å². The number of hydrogen-bond donors (Lipinski definition) is 3. The third-order valence-corrected chi connectivity index (χ3v) is 11.9. The maximum atomic E-state index is 13.4. The molecule has 4 saturated carbocycles. The van der Waals surface area contributed by atoms with E-state index in [2.05, 4.69) is 20.8 Å². The Labute approximate surface area is 197 Å². The molecular formula is C27H42O6. The third-order valence-electron chi connectivity index (χ3n) is 11.9. The van der Waals surface area contributed by atoms with Gasteiger partial charge in [-0.05, 0) is 67.1 Å². The van der Waals surface area contributed by atoms with Gasteiger partial charge in [0.1, 0.15) is 5.60 Å². The molecule has 6 nitrogen and oxygen atoms in total. The standard InChI is InChI=1S/C27H42O6/c1-14-5-8-27(32-13-14)15(2)23-21(33-27)10-18-16-9-22(30)26(31)12-20(29)19(28)11-25(26,4)17(16)6-7-24(18,23)3/h14-21,23,28-29,31H,5-13H2,1-4H3/t14-,15-,16+,17-,18+,19+,20-,21+,23-,24+,25-,26+,27-/m1/s1. The Morgan fingerprint density at radius 3 is 2.42 bits per heavy atom. The van der Waals surface area contributed by atoms with Crippen LogP contribution in [0.5, 0.6) is 0 Å². The van der Waals surface area contributed by atoms with Crippen molar-refractivity contribution < 1.29 is 29.6 Å². The molecule has 0 unspecified atom stereocenters. The average molecular weight is 463 g/mol. The van der Waals surface area contributed by atoms with Crippen LogP contribution in [0.25, 0.3) is 0 Å². The fraction of sp³-hybridized carbons (Fsp3) is 0.963. The quantitative estimate of drug-likeness (QED) is 0.512. The van der Waals surface area contributed by atoms with Crippen LogP contribution < -0.4 is 0 Å². The van der Waals surface area contributed by atoms with E-state index in [9.17, 15) is 20.1 Å². The molecule has 6 fully saturated rings. The lowest BCUT2D eigenvalue weighted by molar-refractivity contribution is -0.274. The van der Waals surface area contributed by atoms with Crippen LogP contribution in [-0.4, -0.2) is 57.4 Å². The second-order valence-electron chi connectivity index (χ2n) is 13.3. The lowest BCUT2D eigenvalue weighted by Crippen LogP contribution is -2.69. The van der Waals surface area contributed by atoms with Crippen molar-refractivity contribution in [2.75, 3.05) is 6.61 Å². The summed E-state index contributed by atoms with van der Waals surface area (Å²) >= 11 is 0. The number of ether oxygens (including phenoxy) is 2. The van der Waals surface area contributed by atoms with E-state index in [0.29, 0.717) is 30.1 Å². The van der Waals surface area contributed by atoms with Crippen LogP contribution in [0, 0.1) is 46.3 Å². The Balaban J connectivity index is 1.31. The van der Waals surface area contributed by atoms with Crippen molar-refractivity contribution in [1.82, 2.24) is 0 Å². The number of carbonyl (C=O) groups excluding carboxylic acids is 1. The van der Waals surface area contributed by atoms with E-state index in [-0.39, 0.29) is 42.0 Å². The third kappa shape index (κ3) is 2.76. The molecular weight excluding hydrogens is 420 g/mol. The first-order chi connectivity index (χ1) is 15.5. The Morgan fingerprint density at radius 1 is 1.00 bits per heavy atom. The van der Waals surface area contributed by atoms with Crippen LogP contribution in [0.3, 0.4) is 0 Å². The molecule has 0 bridgehead atoms. The molecule has 3 N–H and O–H groups in total. The molecule has 0 amide bonds. The first-order valence-electron chi connectivity index (χ1n) is 13.4. The summed E-state index contributed by atoms with van der Waals surface area (Å²) in [5.41, 5.74) is -2.13. The van der Waals surface area contributed by atoms with Crippen LogP contribution >= 0.6 is 0 Å². The van der Waals surface area contributed by atoms with Crippen molar-refractivity contribution in [3.8, 4) is 0 Å². The number of aliphatic hydroxyl groups is 3. The van der Waals surface area contributed by atoms with Gasteiger partial charge in [-0.15, -0.1) is 0 Å². The van der Waals surface area contributed by atoms with Gasteiger partial charge in [-0.2, -0.15) is 0 Å². The van der Waals surface area contributed by atoms with E-state index in [1.807, 2.05) is 6.92 Å². The van der Waals surface area contributed by atoms with Crippen molar-refractivity contribution in [3.05, 3.63) is 0 Å². The molecule has 2 heterocycles. The molecule has 33 heavy (non-hydrogen) atoms. The summed E-state index contributed by atoms with van der Waals surface area (Å²) in [5.74, 6) is 1.53. The molecule has 186 valence electrons. The van der Waals surface area contributed by atoms with Crippen molar-refractivity contribution in [3.63, 3.8) is 0 Å². The molecule has 6 rings (SSSR count). The van der Waals surface area contributed by atoms with E-state index in [4.69, 9.17) is 9.47 Å². The summed E-state index contributed by atoms with van der Waals surface area (Å²) in [6.07, 6.45) is 3.96. The van der Waals surface area contributed by atoms with Gasteiger partial charge in [-0.25, -0.2) is 0 Å². The smallest absolute Gasteiger partial charge is 0.171 e. The van der Waals surface area contributed by atoms with Crippen molar-refractivity contribution in [1.29, 1.82) is 0 Å². The Kier molecular flexibility index (Phi) is 4.88. The minimum absolute atomic E-state index is 0.0433. The van der Waals surface area contributed by atoms with Crippen LogP contribution in [0.1, 0.15) is 79.1 Å². The number of rotatable bonds is 0. The summed E-state index contributed by atoms with van der Waals surface area (Å²) in [6, 6.07) is 0. The average Bonchev–Trinajstić information content (AvgIpc) is 3.19. The SMILES string of the molecule is C[C@@H]1CC[C@@]2(OC1)O[C@H]1C[C@H]3[C@H]4CC(=O)[C@@]5(O)C[C@@H](O)[C@@H](O)C[C@]5(C)[C@@H]4CC[C@]3(C)[C@@H]1[C@H]2C. The van der Waals surface area contributed by atoms with Crippen molar-refractivity contribution >= 4 is 5.78 Å². The van der Waals surface area contributed by atoms with Gasteiger partial charge in [-0.1, -0.05) is 27.7 Å². The molecule has 6 heteroatoms. The molecule has 6 aliphatic rings. The zero-order valence-electron chi connectivity index (χ0n) is 20.6. The lowest BCUT2D eigenvalue weighted by atomic mass is 9.42. The van der Waals surface area contributed by atoms with Gasteiger partial charge >= 0.3 is 0 Å². The maximum Gasteiger partial charge on any atom is 0.171 e. The van der Waals surface area contributed by atoms with Crippen LogP contribution in [0.4, 0.5) is 0 Å². The van der Waals surface area contributed by atoms with Crippen LogP contribution in [-0.2, 0) is 14.3 Å². The van der Waals surface area contributed by atoms with Gasteiger partial charge in [0.15, 0.2) is 11.6 Å². The second-order valence-corrected chi connectivity index (χ2v) is 13.3. The molecule has 0 aromatic rings. The molecule has 0 aromatic carbocycles. The number of hydrogen-bond acceptors (Lipinski definition) is 6. The fourth-order valence-electron chi connectivity index (χ4n) is 10.1. The van der Waals surface area contributed by atoms with Crippen molar-refractivity contribution in [2.24, 2.45) is 46.3 Å². The molecule has 2 saturated heterocycles. The first-order valence-corrected chi connectivity index (χ1v) is 13.4.